The molecule has 1 saturated carbocycles. The van der Waals surface area contributed by atoms with Crippen LogP contribution in [0.5, 0.6) is 0 Å². The zero-order chi connectivity index (χ0) is 17.3. The minimum Gasteiger partial charge on any atom is -0.412 e. The van der Waals surface area contributed by atoms with Gasteiger partial charge in [-0.1, -0.05) is 80.9 Å². The third-order valence-electron chi connectivity index (χ3n) is 6.58. The smallest absolute Gasteiger partial charge is 0.200 e. The Labute approximate surface area is 141 Å². The van der Waals surface area contributed by atoms with Crippen molar-refractivity contribution in [1.82, 2.24) is 0 Å². The van der Waals surface area contributed by atoms with Gasteiger partial charge in [0.25, 0.3) is 0 Å². The quantitative estimate of drug-likeness (QED) is 0.379. The zero-order valence-electron chi connectivity index (χ0n) is 16.8. The van der Waals surface area contributed by atoms with Crippen LogP contribution in [0.15, 0.2) is 11.6 Å². The Hall–Kier alpha value is -0.0831. The molecular formula is C20H40OSi. The Morgan fingerprint density at radius 2 is 1.23 bits per heavy atom. The lowest BCUT2D eigenvalue weighted by Gasteiger charge is -2.42. The first-order chi connectivity index (χ1) is 9.87. The van der Waals surface area contributed by atoms with Crippen LogP contribution in [0.1, 0.15) is 82.1 Å². The molecule has 0 aromatic rings. The first-order valence-corrected chi connectivity index (χ1v) is 11.3. The largest absolute Gasteiger partial charge is 0.412 e. The summed E-state index contributed by atoms with van der Waals surface area (Å²) in [5, 5.41) is 0. The SMILES string of the molecule is CC(C)[Si](OCC=C1CC(C)(C)C(C)(C)C1)(C(C)C)C(C)C. The van der Waals surface area contributed by atoms with Crippen molar-refractivity contribution in [3.63, 3.8) is 0 Å². The van der Waals surface area contributed by atoms with Crippen molar-refractivity contribution in [2.45, 2.75) is 98.7 Å². The molecule has 1 aliphatic rings. The van der Waals surface area contributed by atoms with Gasteiger partial charge in [-0.15, -0.1) is 0 Å². The maximum absolute atomic E-state index is 6.67. The normalized spacial score (nSPS) is 21.2. The van der Waals surface area contributed by atoms with Gasteiger partial charge in [-0.25, -0.2) is 0 Å². The van der Waals surface area contributed by atoms with E-state index >= 15 is 0 Å². The minimum absolute atomic E-state index is 0.404. The van der Waals surface area contributed by atoms with Crippen molar-refractivity contribution in [3.05, 3.63) is 11.6 Å². The van der Waals surface area contributed by atoms with E-state index in [1.807, 2.05) is 0 Å². The molecule has 0 aromatic carbocycles. The summed E-state index contributed by atoms with van der Waals surface area (Å²) >= 11 is 0. The first kappa shape index (κ1) is 20.0. The van der Waals surface area contributed by atoms with E-state index in [9.17, 15) is 0 Å². The molecule has 1 fully saturated rings. The predicted octanol–water partition coefficient (Wildman–Crippen LogP) is 6.95. The van der Waals surface area contributed by atoms with Crippen LogP contribution in [-0.2, 0) is 4.43 Å². The maximum Gasteiger partial charge on any atom is 0.200 e. The van der Waals surface area contributed by atoms with Crippen molar-refractivity contribution < 1.29 is 4.43 Å². The Morgan fingerprint density at radius 3 is 1.55 bits per heavy atom. The van der Waals surface area contributed by atoms with Crippen LogP contribution in [0.2, 0.25) is 16.6 Å². The van der Waals surface area contributed by atoms with Gasteiger partial charge in [0.2, 0.25) is 8.32 Å². The van der Waals surface area contributed by atoms with Gasteiger partial charge in [-0.05, 0) is 40.3 Å². The average molecular weight is 325 g/mol. The van der Waals surface area contributed by atoms with Gasteiger partial charge in [0.05, 0.1) is 6.61 Å². The van der Waals surface area contributed by atoms with E-state index in [1.165, 1.54) is 12.8 Å². The lowest BCUT2D eigenvalue weighted by molar-refractivity contribution is 0.157. The van der Waals surface area contributed by atoms with Crippen molar-refractivity contribution in [3.8, 4) is 0 Å². The van der Waals surface area contributed by atoms with Crippen molar-refractivity contribution >= 4 is 8.32 Å². The molecule has 0 heterocycles. The fourth-order valence-electron chi connectivity index (χ4n) is 4.62. The molecule has 2 heteroatoms. The van der Waals surface area contributed by atoms with E-state index in [2.05, 4.69) is 75.3 Å². The molecule has 0 N–H and O–H groups in total. The van der Waals surface area contributed by atoms with E-state index in [4.69, 9.17) is 4.43 Å². The Morgan fingerprint density at radius 1 is 0.864 bits per heavy atom. The lowest BCUT2D eigenvalue weighted by atomic mass is 9.71. The molecule has 0 radical (unpaired) electrons. The average Bonchev–Trinajstić information content (AvgIpc) is 2.51. The van der Waals surface area contributed by atoms with E-state index in [0.717, 1.165) is 6.61 Å². The molecule has 1 aliphatic carbocycles. The monoisotopic (exact) mass is 324 g/mol. The number of allylic oxidation sites excluding steroid dienone is 1. The number of hydrogen-bond donors (Lipinski definition) is 0. The van der Waals surface area contributed by atoms with Gasteiger partial charge in [0, 0.05) is 0 Å². The van der Waals surface area contributed by atoms with Gasteiger partial charge in [-0.3, -0.25) is 0 Å². The van der Waals surface area contributed by atoms with Gasteiger partial charge >= 0.3 is 0 Å². The third kappa shape index (κ3) is 3.70. The Kier molecular flexibility index (Phi) is 6.18. The molecule has 0 bridgehead atoms. The number of hydrogen-bond acceptors (Lipinski definition) is 1. The summed E-state index contributed by atoms with van der Waals surface area (Å²) in [6.07, 6.45) is 4.86. The molecular weight excluding hydrogens is 284 g/mol. The van der Waals surface area contributed by atoms with E-state index in [0.29, 0.717) is 27.5 Å². The zero-order valence-corrected chi connectivity index (χ0v) is 17.8. The van der Waals surface area contributed by atoms with Crippen LogP contribution in [0, 0.1) is 10.8 Å². The van der Waals surface area contributed by atoms with Crippen LogP contribution in [0.4, 0.5) is 0 Å². The summed E-state index contributed by atoms with van der Waals surface area (Å²) in [5.74, 6) is 0. The van der Waals surface area contributed by atoms with E-state index in [-0.39, 0.29) is 0 Å². The van der Waals surface area contributed by atoms with E-state index in [1.54, 1.807) is 5.57 Å². The fraction of sp³-hybridized carbons (Fsp3) is 0.900. The molecule has 130 valence electrons. The second-order valence-electron chi connectivity index (χ2n) is 9.61. The van der Waals surface area contributed by atoms with Crippen LogP contribution >= 0.6 is 0 Å². The standard InChI is InChI=1S/C20H40OSi/c1-15(2)22(16(3)4,17(5)6)21-12-11-18-13-19(7,8)20(9,10)14-18/h11,15-17H,12-14H2,1-10H3. The van der Waals surface area contributed by atoms with Gasteiger partial charge in [-0.2, -0.15) is 0 Å². The molecule has 1 nitrogen and oxygen atoms in total. The summed E-state index contributed by atoms with van der Waals surface area (Å²) in [7, 11) is -1.72. The van der Waals surface area contributed by atoms with Gasteiger partial charge in [0.1, 0.15) is 0 Å². The van der Waals surface area contributed by atoms with Crippen LogP contribution in [0.3, 0.4) is 0 Å². The second-order valence-corrected chi connectivity index (χ2v) is 15.1. The molecule has 22 heavy (non-hydrogen) atoms. The van der Waals surface area contributed by atoms with Gasteiger partial charge < -0.3 is 4.43 Å². The molecule has 0 amide bonds. The highest BCUT2D eigenvalue weighted by Gasteiger charge is 2.45. The van der Waals surface area contributed by atoms with Crippen LogP contribution < -0.4 is 0 Å². The molecule has 0 spiro atoms. The maximum atomic E-state index is 6.67. The van der Waals surface area contributed by atoms with Crippen LogP contribution in [-0.4, -0.2) is 14.9 Å². The minimum atomic E-state index is -1.72. The summed E-state index contributed by atoms with van der Waals surface area (Å²) in [6, 6.07) is 0. The summed E-state index contributed by atoms with van der Waals surface area (Å²) < 4.78 is 6.67. The molecule has 1 rings (SSSR count). The van der Waals surface area contributed by atoms with Crippen LogP contribution in [0.25, 0.3) is 0 Å². The van der Waals surface area contributed by atoms with Gasteiger partial charge in [0.15, 0.2) is 0 Å². The summed E-state index contributed by atoms with van der Waals surface area (Å²) in [5.41, 5.74) is 4.42. The van der Waals surface area contributed by atoms with Crippen molar-refractivity contribution in [1.29, 1.82) is 0 Å². The second kappa shape index (κ2) is 6.81. The highest BCUT2D eigenvalue weighted by molar-refractivity contribution is 6.77. The highest BCUT2D eigenvalue weighted by Crippen LogP contribution is 2.54. The first-order valence-electron chi connectivity index (χ1n) is 9.18. The molecule has 0 aliphatic heterocycles. The summed E-state index contributed by atoms with van der Waals surface area (Å²) in [6.45, 7) is 24.6. The van der Waals surface area contributed by atoms with Crippen molar-refractivity contribution in [2.24, 2.45) is 10.8 Å². The summed E-state index contributed by atoms with van der Waals surface area (Å²) in [4.78, 5) is 0. The molecule has 0 atom stereocenters. The Bertz CT molecular complexity index is 362. The Balaban J connectivity index is 2.82. The third-order valence-corrected chi connectivity index (χ3v) is 12.7. The van der Waals surface area contributed by atoms with Crippen molar-refractivity contribution in [2.75, 3.05) is 6.61 Å². The van der Waals surface area contributed by atoms with E-state index < -0.39 is 8.32 Å². The molecule has 0 unspecified atom stereocenters. The predicted molar refractivity (Wildman–Crippen MR) is 102 cm³/mol. The molecule has 0 aromatic heterocycles. The lowest BCUT2D eigenvalue weighted by Crippen LogP contribution is -2.47. The number of rotatable bonds is 6. The molecule has 0 saturated heterocycles. The topological polar surface area (TPSA) is 9.23 Å². The fourth-order valence-corrected chi connectivity index (χ4v) is 10.00. The highest BCUT2D eigenvalue weighted by atomic mass is 28.4.